The molecule has 0 spiro atoms. The van der Waals surface area contributed by atoms with Crippen molar-refractivity contribution in [2.75, 3.05) is 44.6 Å². The fraction of sp³-hybridized carbons (Fsp3) is 0.393. The maximum Gasteiger partial charge on any atom is 0.336 e. The van der Waals surface area contributed by atoms with Crippen LogP contribution in [0.2, 0.25) is 0 Å². The van der Waals surface area contributed by atoms with Gasteiger partial charge in [-0.3, -0.25) is 14.5 Å². The summed E-state index contributed by atoms with van der Waals surface area (Å²) in [7, 11) is 0. The van der Waals surface area contributed by atoms with Crippen LogP contribution in [0.25, 0.3) is 11.0 Å². The van der Waals surface area contributed by atoms with E-state index in [1.54, 1.807) is 17.0 Å². The molecule has 1 fully saturated rings. The Bertz CT molecular complexity index is 1290. The molecular formula is C28H33N3O5. The molecule has 1 aliphatic rings. The molecule has 0 saturated carbocycles. The number of rotatable bonds is 8. The van der Waals surface area contributed by atoms with Crippen LogP contribution in [-0.4, -0.2) is 60.9 Å². The van der Waals surface area contributed by atoms with Gasteiger partial charge >= 0.3 is 5.63 Å². The Labute approximate surface area is 210 Å². The third-order valence-corrected chi connectivity index (χ3v) is 6.52. The topological polar surface area (TPSA) is 92.1 Å². The number of carbonyl (C=O) groups excluding carboxylic acids is 2. The molecule has 1 aliphatic heterocycles. The first-order valence-electron chi connectivity index (χ1n) is 12.4. The fourth-order valence-electron chi connectivity index (χ4n) is 4.56. The van der Waals surface area contributed by atoms with Gasteiger partial charge in [0.15, 0.2) is 6.61 Å². The number of nitrogens with one attached hydrogen (secondary N) is 1. The first kappa shape index (κ1) is 25.4. The number of aryl methyl sites for hydroxylation is 3. The molecule has 0 atom stereocenters. The van der Waals surface area contributed by atoms with Crippen LogP contribution in [0.4, 0.5) is 5.69 Å². The first-order valence-corrected chi connectivity index (χ1v) is 12.4. The Balaban J connectivity index is 1.27. The molecule has 2 heterocycles. The van der Waals surface area contributed by atoms with Gasteiger partial charge in [0.2, 0.25) is 5.91 Å². The predicted molar refractivity (Wildman–Crippen MR) is 140 cm³/mol. The van der Waals surface area contributed by atoms with E-state index in [1.165, 1.54) is 6.07 Å². The molecule has 0 radical (unpaired) electrons. The fourth-order valence-corrected chi connectivity index (χ4v) is 4.56. The Morgan fingerprint density at radius 1 is 1.03 bits per heavy atom. The summed E-state index contributed by atoms with van der Waals surface area (Å²) in [5.41, 5.74) is 3.96. The van der Waals surface area contributed by atoms with Crippen LogP contribution in [0.3, 0.4) is 0 Å². The summed E-state index contributed by atoms with van der Waals surface area (Å²) < 4.78 is 11.1. The van der Waals surface area contributed by atoms with Gasteiger partial charge in [-0.05, 0) is 49.1 Å². The molecule has 4 rings (SSSR count). The second-order valence-electron chi connectivity index (χ2n) is 9.26. The number of hydrogen-bond donors (Lipinski definition) is 1. The Morgan fingerprint density at radius 2 is 1.75 bits per heavy atom. The average molecular weight is 492 g/mol. The van der Waals surface area contributed by atoms with Gasteiger partial charge in [0, 0.05) is 49.4 Å². The standard InChI is InChI=1S/C28H33N3O5/c1-4-6-21-15-27(34)36-24-16-22(9-10-23(21)24)35-18-26(33)31-13-11-30(12-14-31)17-25(32)29-28-19(2)7-5-8-20(28)3/h5,7-10,15-16H,4,6,11-14,17-18H2,1-3H3,(H,29,32). The van der Waals surface area contributed by atoms with E-state index < -0.39 is 0 Å². The highest BCUT2D eigenvalue weighted by Crippen LogP contribution is 2.24. The molecule has 36 heavy (non-hydrogen) atoms. The lowest BCUT2D eigenvalue weighted by Crippen LogP contribution is -2.51. The van der Waals surface area contributed by atoms with Crippen LogP contribution < -0.4 is 15.7 Å². The third-order valence-electron chi connectivity index (χ3n) is 6.52. The summed E-state index contributed by atoms with van der Waals surface area (Å²) >= 11 is 0. The number of hydrogen-bond acceptors (Lipinski definition) is 6. The molecule has 1 saturated heterocycles. The Morgan fingerprint density at radius 3 is 2.44 bits per heavy atom. The highest BCUT2D eigenvalue weighted by molar-refractivity contribution is 5.93. The largest absolute Gasteiger partial charge is 0.484 e. The van der Waals surface area contributed by atoms with Crippen molar-refractivity contribution in [2.45, 2.75) is 33.6 Å². The molecule has 0 bridgehead atoms. The molecule has 2 amide bonds. The van der Waals surface area contributed by atoms with Gasteiger partial charge in [-0.1, -0.05) is 31.5 Å². The van der Waals surface area contributed by atoms with Crippen molar-refractivity contribution in [1.82, 2.24) is 9.80 Å². The van der Waals surface area contributed by atoms with Crippen LogP contribution in [0.15, 0.2) is 51.7 Å². The summed E-state index contributed by atoms with van der Waals surface area (Å²) in [5, 5.41) is 3.90. The minimum atomic E-state index is -0.389. The first-order chi connectivity index (χ1) is 17.3. The molecular weight excluding hydrogens is 458 g/mol. The number of anilines is 1. The molecule has 190 valence electrons. The van der Waals surface area contributed by atoms with Crippen LogP contribution in [0, 0.1) is 13.8 Å². The van der Waals surface area contributed by atoms with E-state index in [2.05, 4.69) is 12.2 Å². The van der Waals surface area contributed by atoms with E-state index in [0.29, 0.717) is 37.5 Å². The maximum atomic E-state index is 12.7. The third kappa shape index (κ3) is 6.12. The summed E-state index contributed by atoms with van der Waals surface area (Å²) in [6, 6.07) is 12.8. The molecule has 1 N–H and O–H groups in total. The van der Waals surface area contributed by atoms with Crippen molar-refractivity contribution in [3.05, 3.63) is 69.6 Å². The average Bonchev–Trinajstić information content (AvgIpc) is 2.85. The van der Waals surface area contributed by atoms with Gasteiger partial charge < -0.3 is 19.4 Å². The number of fused-ring (bicyclic) bond motifs is 1. The van der Waals surface area contributed by atoms with E-state index in [-0.39, 0.29) is 30.6 Å². The quantitative estimate of drug-likeness (QED) is 0.485. The van der Waals surface area contributed by atoms with Gasteiger partial charge in [0.25, 0.3) is 5.91 Å². The number of nitrogens with zero attached hydrogens (tertiary/aromatic N) is 2. The lowest BCUT2D eigenvalue weighted by atomic mass is 10.1. The Hall–Kier alpha value is -3.65. The normalized spacial score (nSPS) is 14.1. The van der Waals surface area contributed by atoms with Gasteiger partial charge in [0.1, 0.15) is 11.3 Å². The number of piperazine rings is 1. The zero-order valence-electron chi connectivity index (χ0n) is 21.1. The second kappa shape index (κ2) is 11.4. The molecule has 8 heteroatoms. The number of carbonyl (C=O) groups is 2. The van der Waals surface area contributed by atoms with Crippen LogP contribution in [0.5, 0.6) is 5.75 Å². The van der Waals surface area contributed by atoms with Crippen molar-refractivity contribution in [3.63, 3.8) is 0 Å². The lowest BCUT2D eigenvalue weighted by Gasteiger charge is -2.34. The highest BCUT2D eigenvalue weighted by atomic mass is 16.5. The van der Waals surface area contributed by atoms with Crippen LogP contribution >= 0.6 is 0 Å². The number of benzene rings is 2. The van der Waals surface area contributed by atoms with E-state index in [1.807, 2.05) is 43.0 Å². The van der Waals surface area contributed by atoms with Gasteiger partial charge in [-0.25, -0.2) is 4.79 Å². The molecule has 8 nitrogen and oxygen atoms in total. The highest BCUT2D eigenvalue weighted by Gasteiger charge is 2.23. The Kier molecular flexibility index (Phi) is 8.05. The minimum Gasteiger partial charge on any atom is -0.484 e. The van der Waals surface area contributed by atoms with Crippen molar-refractivity contribution >= 4 is 28.5 Å². The SMILES string of the molecule is CCCc1cc(=O)oc2cc(OCC(=O)N3CCN(CC(=O)Nc4c(C)cccc4C)CC3)ccc12. The number of para-hydroxylation sites is 1. The maximum absolute atomic E-state index is 12.7. The molecule has 0 unspecified atom stereocenters. The van der Waals surface area contributed by atoms with E-state index >= 15 is 0 Å². The monoisotopic (exact) mass is 491 g/mol. The molecule has 1 aromatic heterocycles. The smallest absolute Gasteiger partial charge is 0.336 e. The predicted octanol–water partition coefficient (Wildman–Crippen LogP) is 3.52. The van der Waals surface area contributed by atoms with Gasteiger partial charge in [0.05, 0.1) is 6.54 Å². The van der Waals surface area contributed by atoms with Crippen LogP contribution in [0.1, 0.15) is 30.0 Å². The van der Waals surface area contributed by atoms with Gasteiger partial charge in [-0.15, -0.1) is 0 Å². The number of amides is 2. The summed E-state index contributed by atoms with van der Waals surface area (Å²) in [6.45, 7) is 8.51. The summed E-state index contributed by atoms with van der Waals surface area (Å²) in [6.07, 6.45) is 1.72. The van der Waals surface area contributed by atoms with Crippen LogP contribution in [-0.2, 0) is 16.0 Å². The molecule has 0 aliphatic carbocycles. The minimum absolute atomic E-state index is 0.0550. The number of ether oxygens (including phenoxy) is 1. The lowest BCUT2D eigenvalue weighted by molar-refractivity contribution is -0.135. The van der Waals surface area contributed by atoms with Crippen molar-refractivity contribution in [1.29, 1.82) is 0 Å². The van der Waals surface area contributed by atoms with E-state index in [9.17, 15) is 14.4 Å². The van der Waals surface area contributed by atoms with Crippen molar-refractivity contribution < 1.29 is 18.7 Å². The zero-order chi connectivity index (χ0) is 25.7. The molecule has 3 aromatic rings. The van der Waals surface area contributed by atoms with E-state index in [0.717, 1.165) is 40.6 Å². The zero-order valence-corrected chi connectivity index (χ0v) is 21.1. The summed E-state index contributed by atoms with van der Waals surface area (Å²) in [4.78, 5) is 40.9. The summed E-state index contributed by atoms with van der Waals surface area (Å²) in [5.74, 6) is 0.311. The van der Waals surface area contributed by atoms with E-state index in [4.69, 9.17) is 9.15 Å². The second-order valence-corrected chi connectivity index (χ2v) is 9.26. The molecule has 2 aromatic carbocycles. The van der Waals surface area contributed by atoms with Crippen molar-refractivity contribution in [3.8, 4) is 5.75 Å². The van der Waals surface area contributed by atoms with Crippen molar-refractivity contribution in [2.24, 2.45) is 0 Å². The van der Waals surface area contributed by atoms with Gasteiger partial charge in [-0.2, -0.15) is 0 Å².